The van der Waals surface area contributed by atoms with E-state index < -0.39 is 4.92 Å². The molecule has 1 unspecified atom stereocenters. The van der Waals surface area contributed by atoms with Crippen LogP contribution >= 0.6 is 0 Å². The summed E-state index contributed by atoms with van der Waals surface area (Å²) in [6.45, 7) is 2.53. The van der Waals surface area contributed by atoms with Crippen LogP contribution < -0.4 is 5.32 Å². The largest absolute Gasteiger partial charge is 0.395 e. The molecule has 1 atom stereocenters. The fourth-order valence-corrected chi connectivity index (χ4v) is 1.28. The van der Waals surface area contributed by atoms with Crippen molar-refractivity contribution in [1.29, 1.82) is 0 Å². The van der Waals surface area contributed by atoms with Crippen molar-refractivity contribution < 1.29 is 10.0 Å². The van der Waals surface area contributed by atoms with Crippen LogP contribution in [0, 0.1) is 10.1 Å². The lowest BCUT2D eigenvalue weighted by atomic mass is 10.1. The van der Waals surface area contributed by atoms with Gasteiger partial charge in [-0.3, -0.25) is 10.1 Å². The van der Waals surface area contributed by atoms with Crippen LogP contribution in [0.25, 0.3) is 0 Å². The van der Waals surface area contributed by atoms with Crippen LogP contribution in [0.3, 0.4) is 0 Å². The van der Waals surface area contributed by atoms with Gasteiger partial charge in [-0.25, -0.2) is 0 Å². The summed E-state index contributed by atoms with van der Waals surface area (Å²) in [5, 5.41) is 22.1. The zero-order valence-electron chi connectivity index (χ0n) is 8.51. The predicted octanol–water partition coefficient (Wildman–Crippen LogP) is 1.24. The molecule has 0 bridgehead atoms. The van der Waals surface area contributed by atoms with E-state index in [9.17, 15) is 10.1 Å². The monoisotopic (exact) mass is 210 g/mol. The molecule has 5 nitrogen and oxygen atoms in total. The molecule has 0 aliphatic rings. The molecule has 1 aromatic rings. The second-order valence-corrected chi connectivity index (χ2v) is 3.25. The average Bonchev–Trinajstić information content (AvgIpc) is 2.26. The smallest absolute Gasteiger partial charge is 0.269 e. The Morgan fingerprint density at radius 2 is 2.07 bits per heavy atom. The van der Waals surface area contributed by atoms with E-state index >= 15 is 0 Å². The first-order valence-corrected chi connectivity index (χ1v) is 4.73. The third-order valence-corrected chi connectivity index (χ3v) is 2.17. The Hall–Kier alpha value is -1.46. The molecule has 0 spiro atoms. The second-order valence-electron chi connectivity index (χ2n) is 3.25. The van der Waals surface area contributed by atoms with Gasteiger partial charge in [0.05, 0.1) is 11.5 Å². The van der Waals surface area contributed by atoms with E-state index in [0.29, 0.717) is 6.54 Å². The van der Waals surface area contributed by atoms with Gasteiger partial charge in [-0.1, -0.05) is 12.1 Å². The topological polar surface area (TPSA) is 75.4 Å². The van der Waals surface area contributed by atoms with Crippen molar-refractivity contribution in [3.63, 3.8) is 0 Å². The van der Waals surface area contributed by atoms with Crippen molar-refractivity contribution >= 4 is 5.69 Å². The van der Waals surface area contributed by atoms with Gasteiger partial charge in [-0.2, -0.15) is 0 Å². The van der Waals surface area contributed by atoms with Crippen molar-refractivity contribution in [3.05, 3.63) is 39.9 Å². The highest BCUT2D eigenvalue weighted by molar-refractivity contribution is 5.33. The first kappa shape index (κ1) is 11.6. The number of nitrogens with zero attached hydrogens (tertiary/aromatic N) is 1. The highest BCUT2D eigenvalue weighted by atomic mass is 16.6. The predicted molar refractivity (Wildman–Crippen MR) is 56.6 cm³/mol. The van der Waals surface area contributed by atoms with E-state index in [4.69, 9.17) is 5.11 Å². The minimum atomic E-state index is -0.421. The maximum absolute atomic E-state index is 10.4. The number of nitro benzene ring substituents is 1. The first-order valence-electron chi connectivity index (χ1n) is 4.73. The number of non-ortho nitro benzene ring substituents is 1. The Balaban J connectivity index is 2.66. The zero-order valence-corrected chi connectivity index (χ0v) is 8.51. The Morgan fingerprint density at radius 1 is 1.47 bits per heavy atom. The standard InChI is InChI=1S/C10H14N2O3/c1-8(11-6-7-13)9-2-4-10(5-3-9)12(14)15/h2-5,8,11,13H,6-7H2,1H3. The van der Waals surface area contributed by atoms with Crippen molar-refractivity contribution in [1.82, 2.24) is 5.32 Å². The summed E-state index contributed by atoms with van der Waals surface area (Å²) in [6.07, 6.45) is 0. The number of hydrogen-bond donors (Lipinski definition) is 2. The number of benzene rings is 1. The molecular weight excluding hydrogens is 196 g/mol. The molecule has 0 aliphatic carbocycles. The molecule has 0 saturated heterocycles. The maximum atomic E-state index is 10.4. The summed E-state index contributed by atoms with van der Waals surface area (Å²) < 4.78 is 0. The zero-order chi connectivity index (χ0) is 11.3. The molecule has 5 heteroatoms. The third kappa shape index (κ3) is 3.30. The normalized spacial score (nSPS) is 12.4. The summed E-state index contributed by atoms with van der Waals surface area (Å²) in [7, 11) is 0. The third-order valence-electron chi connectivity index (χ3n) is 2.17. The Kier molecular flexibility index (Phi) is 4.20. The van der Waals surface area contributed by atoms with E-state index in [0.717, 1.165) is 5.56 Å². The van der Waals surface area contributed by atoms with Gasteiger partial charge in [0, 0.05) is 24.7 Å². The quantitative estimate of drug-likeness (QED) is 0.566. The summed E-state index contributed by atoms with van der Waals surface area (Å²) in [5.41, 5.74) is 1.06. The van der Waals surface area contributed by atoms with Crippen LogP contribution in [-0.2, 0) is 0 Å². The van der Waals surface area contributed by atoms with Crippen LogP contribution in [0.1, 0.15) is 18.5 Å². The lowest BCUT2D eigenvalue weighted by molar-refractivity contribution is -0.384. The lowest BCUT2D eigenvalue weighted by Crippen LogP contribution is -2.21. The van der Waals surface area contributed by atoms with Crippen molar-refractivity contribution in [2.24, 2.45) is 0 Å². The second kappa shape index (κ2) is 5.43. The Labute approximate surface area is 87.9 Å². The number of nitro groups is 1. The minimum Gasteiger partial charge on any atom is -0.395 e. The van der Waals surface area contributed by atoms with Gasteiger partial charge in [-0.15, -0.1) is 0 Å². The Morgan fingerprint density at radius 3 is 2.53 bits per heavy atom. The van der Waals surface area contributed by atoms with E-state index in [1.165, 1.54) is 12.1 Å². The SMILES string of the molecule is CC(NCCO)c1ccc([N+](=O)[O-])cc1. The first-order chi connectivity index (χ1) is 7.15. The van der Waals surface area contributed by atoms with E-state index in [-0.39, 0.29) is 18.3 Å². The van der Waals surface area contributed by atoms with E-state index in [2.05, 4.69) is 5.32 Å². The van der Waals surface area contributed by atoms with Crippen LogP contribution in [0.2, 0.25) is 0 Å². The Bertz CT molecular complexity index is 324. The molecule has 1 rings (SSSR count). The fourth-order valence-electron chi connectivity index (χ4n) is 1.28. The number of rotatable bonds is 5. The number of nitrogens with one attached hydrogen (secondary N) is 1. The molecule has 2 N–H and O–H groups in total. The fraction of sp³-hybridized carbons (Fsp3) is 0.400. The van der Waals surface area contributed by atoms with Gasteiger partial charge in [0.2, 0.25) is 0 Å². The highest BCUT2D eigenvalue weighted by Crippen LogP contribution is 2.16. The number of hydrogen-bond acceptors (Lipinski definition) is 4. The molecule has 0 saturated carbocycles. The lowest BCUT2D eigenvalue weighted by Gasteiger charge is -2.12. The van der Waals surface area contributed by atoms with Crippen LogP contribution in [0.15, 0.2) is 24.3 Å². The molecule has 0 aliphatic heterocycles. The average molecular weight is 210 g/mol. The van der Waals surface area contributed by atoms with Crippen LogP contribution in [0.5, 0.6) is 0 Å². The van der Waals surface area contributed by atoms with Crippen molar-refractivity contribution in [3.8, 4) is 0 Å². The molecular formula is C10H14N2O3. The molecule has 1 aromatic carbocycles. The van der Waals surface area contributed by atoms with Crippen molar-refractivity contribution in [2.75, 3.05) is 13.2 Å². The molecule has 0 amide bonds. The van der Waals surface area contributed by atoms with E-state index in [1.54, 1.807) is 12.1 Å². The highest BCUT2D eigenvalue weighted by Gasteiger charge is 2.07. The minimum absolute atomic E-state index is 0.0807. The van der Waals surface area contributed by atoms with Gasteiger partial charge in [0.1, 0.15) is 0 Å². The summed E-state index contributed by atoms with van der Waals surface area (Å²) in [4.78, 5) is 9.99. The molecule has 0 heterocycles. The van der Waals surface area contributed by atoms with Gasteiger partial charge in [0.15, 0.2) is 0 Å². The molecule has 0 fully saturated rings. The van der Waals surface area contributed by atoms with Crippen molar-refractivity contribution in [2.45, 2.75) is 13.0 Å². The summed E-state index contributed by atoms with van der Waals surface area (Å²) in [6, 6.07) is 6.47. The van der Waals surface area contributed by atoms with Crippen LogP contribution in [-0.4, -0.2) is 23.2 Å². The molecule has 15 heavy (non-hydrogen) atoms. The van der Waals surface area contributed by atoms with E-state index in [1.807, 2.05) is 6.92 Å². The maximum Gasteiger partial charge on any atom is 0.269 e. The van der Waals surface area contributed by atoms with Gasteiger partial charge in [0.25, 0.3) is 5.69 Å². The van der Waals surface area contributed by atoms with Gasteiger partial charge in [-0.05, 0) is 12.5 Å². The molecule has 0 radical (unpaired) electrons. The van der Waals surface area contributed by atoms with Gasteiger partial charge < -0.3 is 10.4 Å². The number of aliphatic hydroxyl groups is 1. The summed E-state index contributed by atoms with van der Waals surface area (Å²) >= 11 is 0. The number of aliphatic hydroxyl groups excluding tert-OH is 1. The van der Waals surface area contributed by atoms with Gasteiger partial charge >= 0.3 is 0 Å². The molecule has 0 aromatic heterocycles. The van der Waals surface area contributed by atoms with Crippen LogP contribution in [0.4, 0.5) is 5.69 Å². The molecule has 82 valence electrons. The summed E-state index contributed by atoms with van der Waals surface area (Å²) in [5.74, 6) is 0.